The van der Waals surface area contributed by atoms with E-state index in [1.165, 1.54) is 6.08 Å². The molecule has 4 amide bonds. The van der Waals surface area contributed by atoms with E-state index in [2.05, 4.69) is 39.7 Å². The van der Waals surface area contributed by atoms with Crippen molar-refractivity contribution < 1.29 is 14.4 Å². The second kappa shape index (κ2) is 7.15. The van der Waals surface area contributed by atoms with Crippen LogP contribution in [0, 0.1) is 13.8 Å². The molecule has 0 unspecified atom stereocenters. The summed E-state index contributed by atoms with van der Waals surface area (Å²) in [5.41, 5.74) is 2.87. The monoisotopic (exact) mass is 429 g/mol. The van der Waals surface area contributed by atoms with Gasteiger partial charge >= 0.3 is 6.03 Å². The molecular weight excluding hydrogens is 410 g/mol. The van der Waals surface area contributed by atoms with E-state index in [4.69, 9.17) is 0 Å². The van der Waals surface area contributed by atoms with Crippen LogP contribution < -0.4 is 10.2 Å². The molecule has 1 saturated heterocycles. The number of aryl methyl sites for hydroxylation is 2. The van der Waals surface area contributed by atoms with E-state index in [0.717, 1.165) is 26.2 Å². The minimum atomic E-state index is -0.747. The SMILES string of the molecule is Cc1cc(Br)ccc1N1C(=O)NC(=O)/C(=C/c2cc(C)n(C(C)C)c2)C1=O. The molecule has 0 bridgehead atoms. The molecule has 6 nitrogen and oxygen atoms in total. The lowest BCUT2D eigenvalue weighted by Gasteiger charge is -2.27. The van der Waals surface area contributed by atoms with E-state index < -0.39 is 17.8 Å². The van der Waals surface area contributed by atoms with Crippen molar-refractivity contribution in [3.63, 3.8) is 0 Å². The van der Waals surface area contributed by atoms with Gasteiger partial charge in [-0.1, -0.05) is 15.9 Å². The van der Waals surface area contributed by atoms with Crippen molar-refractivity contribution in [1.82, 2.24) is 9.88 Å². The van der Waals surface area contributed by atoms with E-state index in [9.17, 15) is 14.4 Å². The Bertz CT molecular complexity index is 988. The van der Waals surface area contributed by atoms with Gasteiger partial charge in [-0.25, -0.2) is 9.69 Å². The minimum absolute atomic E-state index is 0.0715. The summed E-state index contributed by atoms with van der Waals surface area (Å²) < 4.78 is 2.89. The van der Waals surface area contributed by atoms with Crippen molar-refractivity contribution in [2.24, 2.45) is 0 Å². The summed E-state index contributed by atoms with van der Waals surface area (Å²) in [7, 11) is 0. The zero-order valence-electron chi connectivity index (χ0n) is 15.5. The molecular formula is C20H20BrN3O3. The highest BCUT2D eigenvalue weighted by molar-refractivity contribution is 9.10. The summed E-state index contributed by atoms with van der Waals surface area (Å²) in [6.45, 7) is 7.87. The Labute approximate surface area is 166 Å². The average Bonchev–Trinajstić information content (AvgIpc) is 2.94. The zero-order valence-corrected chi connectivity index (χ0v) is 17.1. The largest absolute Gasteiger partial charge is 0.349 e. The van der Waals surface area contributed by atoms with Gasteiger partial charge in [-0.05, 0) is 69.2 Å². The molecule has 1 N–H and O–H groups in total. The van der Waals surface area contributed by atoms with Crippen LogP contribution >= 0.6 is 15.9 Å². The second-order valence-corrected chi connectivity index (χ2v) is 7.72. The summed E-state index contributed by atoms with van der Waals surface area (Å²) in [4.78, 5) is 38.6. The number of barbiturate groups is 1. The number of carbonyl (C=O) groups is 3. The third kappa shape index (κ3) is 3.60. The number of halogens is 1. The van der Waals surface area contributed by atoms with Gasteiger partial charge in [-0.15, -0.1) is 0 Å². The molecule has 3 rings (SSSR count). The number of hydrogen-bond donors (Lipinski definition) is 1. The van der Waals surface area contributed by atoms with Crippen LogP contribution in [-0.4, -0.2) is 22.4 Å². The molecule has 1 fully saturated rings. The van der Waals surface area contributed by atoms with Crippen LogP contribution in [0.1, 0.15) is 36.7 Å². The Morgan fingerprint density at radius 3 is 2.41 bits per heavy atom. The Hall–Kier alpha value is -2.67. The van der Waals surface area contributed by atoms with Crippen molar-refractivity contribution in [2.75, 3.05) is 4.90 Å². The van der Waals surface area contributed by atoms with Crippen LogP contribution in [0.15, 0.2) is 40.5 Å². The van der Waals surface area contributed by atoms with E-state index >= 15 is 0 Å². The molecule has 0 atom stereocenters. The summed E-state index contributed by atoms with van der Waals surface area (Å²) in [5.74, 6) is -1.32. The highest BCUT2D eigenvalue weighted by Gasteiger charge is 2.37. The van der Waals surface area contributed by atoms with Crippen molar-refractivity contribution in [1.29, 1.82) is 0 Å². The Morgan fingerprint density at radius 1 is 1.11 bits per heavy atom. The zero-order chi connectivity index (χ0) is 19.9. The number of aromatic nitrogens is 1. The van der Waals surface area contributed by atoms with Crippen molar-refractivity contribution >= 4 is 45.5 Å². The topological polar surface area (TPSA) is 71.4 Å². The normalized spacial score (nSPS) is 16.4. The summed E-state index contributed by atoms with van der Waals surface area (Å²) >= 11 is 3.37. The quantitative estimate of drug-likeness (QED) is 0.589. The number of carbonyl (C=O) groups excluding carboxylic acids is 3. The average molecular weight is 430 g/mol. The first-order valence-corrected chi connectivity index (χ1v) is 9.34. The number of urea groups is 1. The molecule has 1 aliphatic heterocycles. The molecule has 2 heterocycles. The highest BCUT2D eigenvalue weighted by Crippen LogP contribution is 2.28. The predicted octanol–water partition coefficient (Wildman–Crippen LogP) is 4.11. The number of rotatable bonds is 3. The van der Waals surface area contributed by atoms with Crippen LogP contribution in [-0.2, 0) is 9.59 Å². The number of anilines is 1. The standard InChI is InChI=1S/C20H20BrN3O3/c1-11(2)23-10-14(8-13(23)4)9-16-18(25)22-20(27)24(19(16)26)17-6-5-15(21)7-12(17)3/h5-11H,1-4H3,(H,22,25,27)/b16-9-. The molecule has 0 radical (unpaired) electrons. The Kier molecular flexibility index (Phi) is 5.06. The van der Waals surface area contributed by atoms with Gasteiger partial charge in [0.2, 0.25) is 0 Å². The molecule has 0 spiro atoms. The molecule has 2 aromatic rings. The fraction of sp³-hybridized carbons (Fsp3) is 0.250. The Morgan fingerprint density at radius 2 is 1.81 bits per heavy atom. The van der Waals surface area contributed by atoms with Gasteiger partial charge in [-0.2, -0.15) is 0 Å². The first kappa shape index (κ1) is 19.1. The van der Waals surface area contributed by atoms with Crippen LogP contribution in [0.4, 0.5) is 10.5 Å². The van der Waals surface area contributed by atoms with Crippen molar-refractivity contribution in [2.45, 2.75) is 33.7 Å². The predicted molar refractivity (Wildman–Crippen MR) is 107 cm³/mol. The van der Waals surface area contributed by atoms with Gasteiger partial charge in [0, 0.05) is 22.4 Å². The third-order valence-electron chi connectivity index (χ3n) is 4.44. The van der Waals surface area contributed by atoms with Crippen LogP contribution in [0.5, 0.6) is 0 Å². The molecule has 7 heteroatoms. The number of benzene rings is 1. The number of nitrogens with one attached hydrogen (secondary N) is 1. The van der Waals surface area contributed by atoms with E-state index in [1.54, 1.807) is 19.1 Å². The van der Waals surface area contributed by atoms with E-state index in [1.807, 2.05) is 25.3 Å². The summed E-state index contributed by atoms with van der Waals surface area (Å²) in [6, 6.07) is 6.64. The summed E-state index contributed by atoms with van der Waals surface area (Å²) in [5, 5.41) is 2.26. The second-order valence-electron chi connectivity index (χ2n) is 6.80. The van der Waals surface area contributed by atoms with Gasteiger partial charge in [0.25, 0.3) is 11.8 Å². The van der Waals surface area contributed by atoms with Crippen molar-refractivity contribution in [3.8, 4) is 0 Å². The molecule has 27 heavy (non-hydrogen) atoms. The fourth-order valence-electron chi connectivity index (χ4n) is 3.16. The maximum atomic E-state index is 13.0. The fourth-order valence-corrected chi connectivity index (χ4v) is 3.64. The Balaban J connectivity index is 2.03. The smallest absolute Gasteiger partial charge is 0.335 e. The van der Waals surface area contributed by atoms with Gasteiger partial charge in [-0.3, -0.25) is 14.9 Å². The van der Waals surface area contributed by atoms with Crippen LogP contribution in [0.2, 0.25) is 0 Å². The molecule has 1 aliphatic rings. The lowest BCUT2D eigenvalue weighted by molar-refractivity contribution is -0.122. The molecule has 0 saturated carbocycles. The van der Waals surface area contributed by atoms with E-state index in [0.29, 0.717) is 5.69 Å². The summed E-state index contributed by atoms with van der Waals surface area (Å²) in [6.07, 6.45) is 3.41. The molecule has 1 aromatic heterocycles. The van der Waals surface area contributed by atoms with Gasteiger partial charge < -0.3 is 4.57 Å². The van der Waals surface area contributed by atoms with Crippen molar-refractivity contribution in [3.05, 3.63) is 57.3 Å². The van der Waals surface area contributed by atoms with Gasteiger partial charge in [0.05, 0.1) is 5.69 Å². The first-order valence-electron chi connectivity index (χ1n) is 8.55. The molecule has 140 valence electrons. The number of imide groups is 2. The first-order chi connectivity index (χ1) is 12.7. The van der Waals surface area contributed by atoms with Crippen LogP contribution in [0.3, 0.4) is 0 Å². The number of amides is 4. The maximum Gasteiger partial charge on any atom is 0.335 e. The van der Waals surface area contributed by atoms with Gasteiger partial charge in [0.15, 0.2) is 0 Å². The number of nitrogens with zero attached hydrogens (tertiary/aromatic N) is 2. The molecule has 0 aliphatic carbocycles. The van der Waals surface area contributed by atoms with Gasteiger partial charge in [0.1, 0.15) is 5.57 Å². The highest BCUT2D eigenvalue weighted by atomic mass is 79.9. The van der Waals surface area contributed by atoms with E-state index in [-0.39, 0.29) is 11.6 Å². The van der Waals surface area contributed by atoms with Crippen LogP contribution in [0.25, 0.3) is 6.08 Å². The molecule has 1 aromatic carbocycles. The maximum absolute atomic E-state index is 13.0. The lowest BCUT2D eigenvalue weighted by atomic mass is 10.1. The third-order valence-corrected chi connectivity index (χ3v) is 4.93. The number of hydrogen-bond acceptors (Lipinski definition) is 3. The lowest BCUT2D eigenvalue weighted by Crippen LogP contribution is -2.54. The minimum Gasteiger partial charge on any atom is -0.349 e.